The average molecular weight is 435 g/mol. The summed E-state index contributed by atoms with van der Waals surface area (Å²) in [6.45, 7) is 2.14. The van der Waals surface area contributed by atoms with E-state index in [2.05, 4.69) is 5.10 Å². The number of carboxylic acid groups (broad SMARTS) is 1. The van der Waals surface area contributed by atoms with Gasteiger partial charge in [0.1, 0.15) is 11.6 Å². The van der Waals surface area contributed by atoms with E-state index >= 15 is 0 Å². The molecule has 1 saturated heterocycles. The first kappa shape index (κ1) is 20.4. The molecule has 158 valence electrons. The monoisotopic (exact) mass is 435 g/mol. The highest BCUT2D eigenvalue weighted by atomic mass is 32.2. The normalized spacial score (nSPS) is 20.1. The first-order valence-electron chi connectivity index (χ1n) is 9.31. The molecule has 1 aliphatic heterocycles. The van der Waals surface area contributed by atoms with Gasteiger partial charge in [-0.15, -0.1) is 0 Å². The zero-order chi connectivity index (χ0) is 21.6. The first-order valence-corrected chi connectivity index (χ1v) is 10.7. The molecule has 1 aromatic heterocycles. The Kier molecular flexibility index (Phi) is 5.07. The van der Waals surface area contributed by atoms with Crippen molar-refractivity contribution in [3.63, 3.8) is 0 Å². The van der Waals surface area contributed by atoms with Crippen molar-refractivity contribution in [2.75, 3.05) is 13.1 Å². The van der Waals surface area contributed by atoms with Crippen LogP contribution in [0, 0.1) is 17.6 Å². The second-order valence-corrected chi connectivity index (χ2v) is 9.38. The van der Waals surface area contributed by atoms with Gasteiger partial charge in [-0.2, -0.15) is 9.40 Å². The molecule has 0 radical (unpaired) electrons. The van der Waals surface area contributed by atoms with Crippen molar-refractivity contribution in [3.8, 4) is 0 Å². The van der Waals surface area contributed by atoms with Crippen molar-refractivity contribution in [1.29, 1.82) is 0 Å². The number of carbonyl (C=O) groups is 1. The second-order valence-electron chi connectivity index (χ2n) is 7.44. The lowest BCUT2D eigenvalue weighted by molar-refractivity contribution is -0.136. The average Bonchev–Trinajstić information content (AvgIpc) is 3.22. The quantitative estimate of drug-likeness (QED) is 0.665. The molecule has 1 fully saturated rings. The molecule has 2 aromatic carbocycles. The van der Waals surface area contributed by atoms with Crippen LogP contribution in [0.3, 0.4) is 0 Å². The van der Waals surface area contributed by atoms with Crippen LogP contribution < -0.4 is 0 Å². The van der Waals surface area contributed by atoms with Gasteiger partial charge in [-0.05, 0) is 48.4 Å². The van der Waals surface area contributed by atoms with Gasteiger partial charge in [-0.25, -0.2) is 17.2 Å². The Morgan fingerprint density at radius 1 is 1.13 bits per heavy atom. The molecule has 10 heteroatoms. The third-order valence-corrected chi connectivity index (χ3v) is 7.22. The number of benzene rings is 2. The molecule has 0 amide bonds. The van der Waals surface area contributed by atoms with Crippen molar-refractivity contribution in [2.45, 2.75) is 24.3 Å². The summed E-state index contributed by atoms with van der Waals surface area (Å²) >= 11 is 0. The maximum atomic E-state index is 13.9. The fourth-order valence-electron chi connectivity index (χ4n) is 3.88. The van der Waals surface area contributed by atoms with Crippen molar-refractivity contribution in [2.24, 2.45) is 5.92 Å². The summed E-state index contributed by atoms with van der Waals surface area (Å²) in [5, 5.41) is 14.1. The predicted molar refractivity (Wildman–Crippen MR) is 104 cm³/mol. The number of hydrogen-bond acceptors (Lipinski definition) is 4. The van der Waals surface area contributed by atoms with Gasteiger partial charge in [-0.1, -0.05) is 6.92 Å². The van der Waals surface area contributed by atoms with Crippen LogP contribution in [0.2, 0.25) is 0 Å². The van der Waals surface area contributed by atoms with Gasteiger partial charge in [0.15, 0.2) is 0 Å². The van der Waals surface area contributed by atoms with E-state index in [0.29, 0.717) is 16.6 Å². The Balaban J connectivity index is 1.72. The molecule has 30 heavy (non-hydrogen) atoms. The van der Waals surface area contributed by atoms with Crippen molar-refractivity contribution < 1.29 is 27.1 Å². The van der Waals surface area contributed by atoms with E-state index in [-0.39, 0.29) is 30.3 Å². The molecule has 4 rings (SSSR count). The van der Waals surface area contributed by atoms with E-state index < -0.39 is 33.7 Å². The number of aromatic nitrogens is 2. The lowest BCUT2D eigenvalue weighted by Gasteiger charge is -2.17. The van der Waals surface area contributed by atoms with Crippen LogP contribution in [-0.4, -0.2) is 46.7 Å². The lowest BCUT2D eigenvalue weighted by atomic mass is 10.1. The topological polar surface area (TPSA) is 92.5 Å². The lowest BCUT2D eigenvalue weighted by Crippen LogP contribution is -2.29. The maximum absolute atomic E-state index is 13.9. The molecule has 0 aliphatic carbocycles. The number of halogens is 2. The van der Waals surface area contributed by atoms with Gasteiger partial charge < -0.3 is 5.11 Å². The summed E-state index contributed by atoms with van der Waals surface area (Å²) in [5.41, 5.74) is 0.716. The third-order valence-electron chi connectivity index (χ3n) is 5.37. The molecule has 0 bridgehead atoms. The highest BCUT2D eigenvalue weighted by Gasteiger charge is 2.39. The number of nitrogens with zero attached hydrogens (tertiary/aromatic N) is 3. The highest BCUT2D eigenvalue weighted by molar-refractivity contribution is 7.89. The minimum absolute atomic E-state index is 0.0142. The van der Waals surface area contributed by atoms with Crippen LogP contribution >= 0.6 is 0 Å². The Morgan fingerprint density at radius 3 is 2.47 bits per heavy atom. The van der Waals surface area contributed by atoms with Gasteiger partial charge in [0.05, 0.1) is 28.6 Å². The number of fused-ring (bicyclic) bond motifs is 1. The van der Waals surface area contributed by atoms with Crippen LogP contribution in [0.4, 0.5) is 8.78 Å². The zero-order valence-corrected chi connectivity index (χ0v) is 16.8. The molecular formula is C20H19F2N3O4S. The van der Waals surface area contributed by atoms with E-state index in [0.717, 1.165) is 12.1 Å². The van der Waals surface area contributed by atoms with Crippen LogP contribution in [0.1, 0.15) is 18.7 Å². The van der Waals surface area contributed by atoms with Crippen molar-refractivity contribution in [1.82, 2.24) is 14.1 Å². The minimum Gasteiger partial charge on any atom is -0.481 e. The first-order chi connectivity index (χ1) is 14.2. The second kappa shape index (κ2) is 7.44. The van der Waals surface area contributed by atoms with Crippen LogP contribution in [0.25, 0.3) is 10.9 Å². The maximum Gasteiger partial charge on any atom is 0.309 e. The largest absolute Gasteiger partial charge is 0.481 e. The number of hydrogen-bond donors (Lipinski definition) is 1. The summed E-state index contributed by atoms with van der Waals surface area (Å²) in [6.07, 6.45) is -0.326. The molecule has 1 N–H and O–H groups in total. The molecule has 0 unspecified atom stereocenters. The molecule has 3 aromatic rings. The summed E-state index contributed by atoms with van der Waals surface area (Å²) in [4.78, 5) is 11.2. The van der Waals surface area contributed by atoms with Crippen LogP contribution in [0.15, 0.2) is 47.4 Å². The summed E-state index contributed by atoms with van der Waals surface area (Å²) in [6, 6.07) is 8.20. The minimum atomic E-state index is -3.85. The van der Waals surface area contributed by atoms with Gasteiger partial charge >= 0.3 is 5.97 Å². The highest BCUT2D eigenvalue weighted by Crippen LogP contribution is 2.34. The van der Waals surface area contributed by atoms with E-state index in [1.54, 1.807) is 0 Å². The zero-order valence-electron chi connectivity index (χ0n) is 16.0. The summed E-state index contributed by atoms with van der Waals surface area (Å²) in [5.74, 6) is -2.25. The summed E-state index contributed by atoms with van der Waals surface area (Å²) in [7, 11) is -3.85. The van der Waals surface area contributed by atoms with Crippen molar-refractivity contribution >= 4 is 26.9 Å². The fraction of sp³-hybridized carbons (Fsp3) is 0.300. The predicted octanol–water partition coefficient (Wildman–Crippen LogP) is 2.82. The third kappa shape index (κ3) is 3.56. The number of rotatable bonds is 5. The van der Waals surface area contributed by atoms with Gasteiger partial charge in [0, 0.05) is 18.5 Å². The van der Waals surface area contributed by atoms with Crippen LogP contribution in [-0.2, 0) is 21.2 Å². The molecule has 7 nitrogen and oxygen atoms in total. The molecule has 0 saturated carbocycles. The van der Waals surface area contributed by atoms with Gasteiger partial charge in [0.25, 0.3) is 0 Å². The molecule has 0 spiro atoms. The van der Waals surface area contributed by atoms with Crippen molar-refractivity contribution in [3.05, 3.63) is 59.8 Å². The molecule has 2 atom stereocenters. The number of aliphatic carboxylic acids is 1. The van der Waals surface area contributed by atoms with Gasteiger partial charge in [-0.3, -0.25) is 9.48 Å². The molecular weight excluding hydrogens is 416 g/mol. The molecule has 2 heterocycles. The smallest absolute Gasteiger partial charge is 0.309 e. The Hall–Kier alpha value is -2.85. The van der Waals surface area contributed by atoms with E-state index in [4.69, 9.17) is 5.11 Å². The standard InChI is InChI=1S/C20H19F2N3O4S/c1-12-10-24(30(28,29)15-5-2-13(21)3-6-15)11-19(12)25-18-8-14(22)4-7-16(18)17(23-25)9-20(26)27/h2-8,12,19H,9-11H2,1H3,(H,26,27)/t12-,19+/m1/s1. The SMILES string of the molecule is C[C@@H]1CN(S(=O)(=O)c2ccc(F)cc2)C[C@@H]1n1nc(CC(=O)O)c2ccc(F)cc21. The van der Waals surface area contributed by atoms with E-state index in [1.165, 1.54) is 39.3 Å². The summed E-state index contributed by atoms with van der Waals surface area (Å²) < 4.78 is 55.8. The number of sulfonamides is 1. The van der Waals surface area contributed by atoms with Crippen LogP contribution in [0.5, 0.6) is 0 Å². The Bertz CT molecular complexity index is 1220. The number of carboxylic acids is 1. The van der Waals surface area contributed by atoms with E-state index in [9.17, 15) is 22.0 Å². The Labute approximate surface area is 171 Å². The van der Waals surface area contributed by atoms with Gasteiger partial charge in [0.2, 0.25) is 10.0 Å². The molecule has 1 aliphatic rings. The fourth-order valence-corrected chi connectivity index (χ4v) is 5.44. The van der Waals surface area contributed by atoms with E-state index in [1.807, 2.05) is 6.92 Å². The Morgan fingerprint density at radius 2 is 1.80 bits per heavy atom.